The first-order valence-corrected chi connectivity index (χ1v) is 14.4. The maximum absolute atomic E-state index is 14.4. The molecule has 3 aromatic carbocycles. The van der Waals surface area contributed by atoms with Gasteiger partial charge in [0.1, 0.15) is 23.4 Å². The van der Waals surface area contributed by atoms with E-state index in [4.69, 9.17) is 16.3 Å². The lowest BCUT2D eigenvalue weighted by atomic mass is 9.96. The van der Waals surface area contributed by atoms with Crippen molar-refractivity contribution in [2.45, 2.75) is 72.1 Å². The molecule has 0 aliphatic heterocycles. The number of aromatic hydroxyl groups is 1. The number of phenolic OH excluding ortho intramolecular Hbond substituents is 1. The SMILES string of the molecule is CCCN(C(=O)C(Cc1ccc(O)cc1)NC(=O)OC(C)(C)C)C(C(=O)Nc1c(C)cccc1Cl)c1ccccc1C. The zero-order chi connectivity index (χ0) is 31.0. The summed E-state index contributed by atoms with van der Waals surface area (Å²) in [5, 5.41) is 15.8. The fraction of sp³-hybridized carbons (Fsp3) is 0.364. The van der Waals surface area contributed by atoms with E-state index in [9.17, 15) is 19.5 Å². The van der Waals surface area contributed by atoms with E-state index in [1.165, 1.54) is 17.0 Å². The molecule has 3 rings (SSSR count). The van der Waals surface area contributed by atoms with E-state index < -0.39 is 35.6 Å². The molecule has 3 aromatic rings. The molecule has 2 unspecified atom stereocenters. The van der Waals surface area contributed by atoms with Crippen molar-refractivity contribution in [1.82, 2.24) is 10.2 Å². The van der Waals surface area contributed by atoms with Gasteiger partial charge in [-0.05, 0) is 81.5 Å². The molecule has 0 aliphatic carbocycles. The average molecular weight is 594 g/mol. The lowest BCUT2D eigenvalue weighted by molar-refractivity contribution is -0.140. The van der Waals surface area contributed by atoms with Crippen LogP contribution in [0.5, 0.6) is 5.75 Å². The molecule has 0 saturated carbocycles. The number of anilines is 1. The van der Waals surface area contributed by atoms with E-state index in [0.717, 1.165) is 11.1 Å². The van der Waals surface area contributed by atoms with Crippen molar-refractivity contribution in [3.63, 3.8) is 0 Å². The Hall–Kier alpha value is -4.04. The van der Waals surface area contributed by atoms with Crippen molar-refractivity contribution in [3.05, 3.63) is 94.0 Å². The van der Waals surface area contributed by atoms with E-state index >= 15 is 0 Å². The number of alkyl carbamates (subject to hydrolysis) is 1. The number of ether oxygens (including phenoxy) is 1. The third-order valence-electron chi connectivity index (χ3n) is 6.63. The van der Waals surface area contributed by atoms with Crippen LogP contribution in [0, 0.1) is 13.8 Å². The molecule has 224 valence electrons. The number of halogens is 1. The van der Waals surface area contributed by atoms with Crippen LogP contribution in [-0.2, 0) is 20.7 Å². The maximum Gasteiger partial charge on any atom is 0.408 e. The van der Waals surface area contributed by atoms with E-state index in [-0.39, 0.29) is 18.7 Å². The minimum Gasteiger partial charge on any atom is -0.508 e. The van der Waals surface area contributed by atoms with Gasteiger partial charge in [0.25, 0.3) is 5.91 Å². The summed E-state index contributed by atoms with van der Waals surface area (Å²) < 4.78 is 5.48. The highest BCUT2D eigenvalue weighted by Crippen LogP contribution is 2.31. The molecule has 0 fully saturated rings. The molecule has 0 bridgehead atoms. The van der Waals surface area contributed by atoms with Gasteiger partial charge in [-0.15, -0.1) is 0 Å². The molecule has 0 heterocycles. The Morgan fingerprint density at radius 2 is 1.60 bits per heavy atom. The Bertz CT molecular complexity index is 1380. The van der Waals surface area contributed by atoms with Gasteiger partial charge in [0.2, 0.25) is 5.91 Å². The predicted octanol–water partition coefficient (Wildman–Crippen LogP) is 6.72. The summed E-state index contributed by atoms with van der Waals surface area (Å²) >= 11 is 6.45. The second-order valence-corrected chi connectivity index (χ2v) is 11.7. The number of benzene rings is 3. The quantitative estimate of drug-likeness (QED) is 0.242. The molecule has 0 aliphatic rings. The van der Waals surface area contributed by atoms with Crippen LogP contribution >= 0.6 is 11.6 Å². The number of para-hydroxylation sites is 1. The lowest BCUT2D eigenvalue weighted by Crippen LogP contribution is -2.53. The van der Waals surface area contributed by atoms with Gasteiger partial charge < -0.3 is 25.4 Å². The van der Waals surface area contributed by atoms with Crippen molar-refractivity contribution in [2.24, 2.45) is 0 Å². The van der Waals surface area contributed by atoms with Crippen LogP contribution in [0.15, 0.2) is 66.7 Å². The Kier molecular flexibility index (Phi) is 11.0. The standard InChI is InChI=1S/C33H40ClN3O5/c1-7-19-37(31(40)27(35-32(41)42-33(4,5)6)20-23-15-17-24(38)18-16-23)29(25-13-9-8-11-21(25)2)30(39)36-28-22(3)12-10-14-26(28)34/h8-18,27,29,38H,7,19-20H2,1-6H3,(H,35,41)(H,36,39). The molecule has 0 saturated heterocycles. The Morgan fingerprint density at radius 3 is 2.19 bits per heavy atom. The molecular weight excluding hydrogens is 554 g/mol. The fourth-order valence-corrected chi connectivity index (χ4v) is 4.92. The first-order chi connectivity index (χ1) is 19.8. The third kappa shape index (κ3) is 8.73. The van der Waals surface area contributed by atoms with Crippen molar-refractivity contribution in [2.75, 3.05) is 11.9 Å². The highest BCUT2D eigenvalue weighted by atomic mass is 35.5. The number of nitrogens with zero attached hydrogens (tertiary/aromatic N) is 1. The zero-order valence-corrected chi connectivity index (χ0v) is 25.8. The molecule has 8 nitrogen and oxygen atoms in total. The van der Waals surface area contributed by atoms with Crippen LogP contribution in [0.4, 0.5) is 10.5 Å². The predicted molar refractivity (Wildman–Crippen MR) is 166 cm³/mol. The highest BCUT2D eigenvalue weighted by Gasteiger charge is 2.37. The van der Waals surface area contributed by atoms with Crippen molar-refractivity contribution in [3.8, 4) is 5.75 Å². The molecule has 42 heavy (non-hydrogen) atoms. The van der Waals surface area contributed by atoms with Crippen LogP contribution in [0.1, 0.15) is 62.4 Å². The molecular formula is C33H40ClN3O5. The molecule has 0 aromatic heterocycles. The number of hydrogen-bond acceptors (Lipinski definition) is 5. The fourth-order valence-electron chi connectivity index (χ4n) is 4.65. The summed E-state index contributed by atoms with van der Waals surface area (Å²) in [5.74, 6) is -0.793. The summed E-state index contributed by atoms with van der Waals surface area (Å²) in [6, 6.07) is 17.1. The number of aryl methyl sites for hydroxylation is 2. The molecule has 2 atom stereocenters. The van der Waals surface area contributed by atoms with Gasteiger partial charge in [-0.1, -0.05) is 67.1 Å². The number of amides is 3. The van der Waals surface area contributed by atoms with Crippen molar-refractivity contribution < 1.29 is 24.2 Å². The van der Waals surface area contributed by atoms with Crippen LogP contribution in [-0.4, -0.2) is 46.1 Å². The Morgan fingerprint density at radius 1 is 0.952 bits per heavy atom. The summed E-state index contributed by atoms with van der Waals surface area (Å²) in [4.78, 5) is 42.9. The number of rotatable bonds is 10. The number of nitrogens with one attached hydrogen (secondary N) is 2. The molecule has 0 spiro atoms. The number of carbonyl (C=O) groups excluding carboxylic acids is 3. The monoisotopic (exact) mass is 593 g/mol. The van der Waals surface area contributed by atoms with Gasteiger partial charge >= 0.3 is 6.09 Å². The number of phenols is 1. The van der Waals surface area contributed by atoms with E-state index in [1.54, 1.807) is 45.0 Å². The first-order valence-electron chi connectivity index (χ1n) is 14.0. The molecule has 9 heteroatoms. The summed E-state index contributed by atoms with van der Waals surface area (Å²) in [7, 11) is 0. The molecule has 3 amide bonds. The smallest absolute Gasteiger partial charge is 0.408 e. The minimum atomic E-state index is -1.06. The molecule has 3 N–H and O–H groups in total. The van der Waals surface area contributed by atoms with Gasteiger partial charge in [0, 0.05) is 13.0 Å². The van der Waals surface area contributed by atoms with Gasteiger partial charge in [-0.3, -0.25) is 9.59 Å². The Labute approximate surface area is 253 Å². The van der Waals surface area contributed by atoms with Crippen molar-refractivity contribution >= 4 is 35.2 Å². The lowest BCUT2D eigenvalue weighted by Gasteiger charge is -2.35. The van der Waals surface area contributed by atoms with Gasteiger partial charge in [-0.25, -0.2) is 4.79 Å². The highest BCUT2D eigenvalue weighted by molar-refractivity contribution is 6.34. The van der Waals surface area contributed by atoms with Gasteiger partial charge in [0.15, 0.2) is 0 Å². The zero-order valence-electron chi connectivity index (χ0n) is 25.0. The van der Waals surface area contributed by atoms with Crippen LogP contribution in [0.2, 0.25) is 5.02 Å². The summed E-state index contributed by atoms with van der Waals surface area (Å²) in [5.41, 5.74) is 2.67. The Balaban J connectivity index is 2.08. The van der Waals surface area contributed by atoms with Crippen molar-refractivity contribution in [1.29, 1.82) is 0 Å². The summed E-state index contributed by atoms with van der Waals surface area (Å²) in [6.07, 6.45) is -0.0745. The third-order valence-corrected chi connectivity index (χ3v) is 6.94. The average Bonchev–Trinajstić information content (AvgIpc) is 2.91. The normalized spacial score (nSPS) is 12.6. The molecule has 0 radical (unpaired) electrons. The van der Waals surface area contributed by atoms with E-state index in [0.29, 0.717) is 28.3 Å². The largest absolute Gasteiger partial charge is 0.508 e. The number of hydrogen-bond donors (Lipinski definition) is 3. The maximum atomic E-state index is 14.4. The minimum absolute atomic E-state index is 0.0838. The van der Waals surface area contributed by atoms with Crippen LogP contribution < -0.4 is 10.6 Å². The second kappa shape index (κ2) is 14.2. The topological polar surface area (TPSA) is 108 Å². The second-order valence-electron chi connectivity index (χ2n) is 11.3. The van der Waals surface area contributed by atoms with E-state index in [2.05, 4.69) is 10.6 Å². The first kappa shape index (κ1) is 32.5. The number of carbonyl (C=O) groups is 3. The van der Waals surface area contributed by atoms with E-state index in [1.807, 2.05) is 51.1 Å². The summed E-state index contributed by atoms with van der Waals surface area (Å²) in [6.45, 7) is 11.1. The van der Waals surface area contributed by atoms with Gasteiger partial charge in [-0.2, -0.15) is 0 Å². The van der Waals surface area contributed by atoms with Crippen LogP contribution in [0.25, 0.3) is 0 Å². The van der Waals surface area contributed by atoms with Gasteiger partial charge in [0.05, 0.1) is 10.7 Å². The van der Waals surface area contributed by atoms with Crippen LogP contribution in [0.3, 0.4) is 0 Å².